The molecule has 0 atom stereocenters. The minimum absolute atomic E-state index is 0.00211. The molecule has 0 heterocycles. The van der Waals surface area contributed by atoms with E-state index < -0.39 is 0 Å². The molecule has 0 saturated carbocycles. The molecule has 0 aliphatic rings. The van der Waals surface area contributed by atoms with Gasteiger partial charge in [-0.3, -0.25) is 9.59 Å². The maximum atomic E-state index is 11.6. The highest BCUT2D eigenvalue weighted by Gasteiger charge is 2.11. The maximum absolute atomic E-state index is 11.6. The highest BCUT2D eigenvalue weighted by atomic mass is 16.1. The second-order valence-electron chi connectivity index (χ2n) is 4.24. The van der Waals surface area contributed by atoms with Crippen molar-refractivity contribution in [3.8, 4) is 11.1 Å². The lowest BCUT2D eigenvalue weighted by Gasteiger charge is -2.09. The zero-order valence-corrected chi connectivity index (χ0v) is 12.4. The molecule has 2 aromatic rings. The van der Waals surface area contributed by atoms with Crippen molar-refractivity contribution < 1.29 is 9.59 Å². The molecule has 2 nitrogen and oxygen atoms in total. The van der Waals surface area contributed by atoms with Crippen LogP contribution in [0.4, 0.5) is 0 Å². The fourth-order valence-corrected chi connectivity index (χ4v) is 1.93. The van der Waals surface area contributed by atoms with Crippen LogP contribution in [0.3, 0.4) is 0 Å². The highest BCUT2D eigenvalue weighted by molar-refractivity contribution is 6.03. The molecule has 0 bridgehead atoms. The maximum Gasteiger partial charge on any atom is 0.160 e. The van der Waals surface area contributed by atoms with E-state index in [1.54, 1.807) is 18.2 Å². The van der Waals surface area contributed by atoms with Crippen LogP contribution in [0.15, 0.2) is 48.5 Å². The summed E-state index contributed by atoms with van der Waals surface area (Å²) in [5.74, 6) is 0.00578. The van der Waals surface area contributed by atoms with Gasteiger partial charge >= 0.3 is 0 Å². The van der Waals surface area contributed by atoms with Gasteiger partial charge in [-0.1, -0.05) is 56.3 Å². The summed E-state index contributed by atoms with van der Waals surface area (Å²) >= 11 is 0. The van der Waals surface area contributed by atoms with Crippen molar-refractivity contribution in [3.63, 3.8) is 0 Å². The molecule has 0 radical (unpaired) electrons. The van der Waals surface area contributed by atoms with Gasteiger partial charge in [0.05, 0.1) is 0 Å². The Hall–Kier alpha value is -2.22. The minimum atomic E-state index is 0.00211. The van der Waals surface area contributed by atoms with Gasteiger partial charge in [0, 0.05) is 11.1 Å². The number of benzene rings is 2. The van der Waals surface area contributed by atoms with Crippen molar-refractivity contribution in [2.45, 2.75) is 27.7 Å². The van der Waals surface area contributed by atoms with Crippen molar-refractivity contribution >= 4 is 11.6 Å². The molecule has 0 aliphatic carbocycles. The molecule has 0 fully saturated rings. The molecule has 2 rings (SSSR count). The number of rotatable bonds is 3. The smallest absolute Gasteiger partial charge is 0.160 e. The average Bonchev–Trinajstić information content (AvgIpc) is 2.49. The molecule has 0 N–H and O–H groups in total. The summed E-state index contributed by atoms with van der Waals surface area (Å²) in [6, 6.07) is 14.8. The summed E-state index contributed by atoms with van der Waals surface area (Å²) in [6.07, 6.45) is 0. The lowest BCUT2D eigenvalue weighted by molar-refractivity contribution is 0.100. The number of Topliss-reactive ketones (excluding diaryl/α,β-unsaturated/α-hetero) is 2. The van der Waals surface area contributed by atoms with Gasteiger partial charge in [-0.25, -0.2) is 0 Å². The van der Waals surface area contributed by atoms with Crippen molar-refractivity contribution in [2.24, 2.45) is 0 Å². The van der Waals surface area contributed by atoms with E-state index in [9.17, 15) is 9.59 Å². The summed E-state index contributed by atoms with van der Waals surface area (Å²) in [5.41, 5.74) is 3.03. The first-order chi connectivity index (χ1) is 9.59. The fourth-order valence-electron chi connectivity index (χ4n) is 1.93. The molecule has 0 aliphatic heterocycles. The third kappa shape index (κ3) is 3.64. The average molecular weight is 268 g/mol. The second kappa shape index (κ2) is 7.39. The van der Waals surface area contributed by atoms with Crippen LogP contribution in [-0.4, -0.2) is 11.6 Å². The number of ketones is 2. The largest absolute Gasteiger partial charge is 0.295 e. The van der Waals surface area contributed by atoms with Crippen LogP contribution in [0.25, 0.3) is 11.1 Å². The number of carbonyl (C=O) groups excluding carboxylic acids is 2. The van der Waals surface area contributed by atoms with E-state index in [4.69, 9.17) is 0 Å². The van der Waals surface area contributed by atoms with Crippen LogP contribution in [0.5, 0.6) is 0 Å². The van der Waals surface area contributed by atoms with Crippen molar-refractivity contribution in [1.29, 1.82) is 0 Å². The Balaban J connectivity index is 0.000000956. The minimum Gasteiger partial charge on any atom is -0.295 e. The fraction of sp³-hybridized carbons (Fsp3) is 0.222. The Morgan fingerprint density at radius 1 is 0.800 bits per heavy atom. The predicted molar refractivity (Wildman–Crippen MR) is 83.2 cm³/mol. The summed E-state index contributed by atoms with van der Waals surface area (Å²) < 4.78 is 0. The number of hydrogen-bond donors (Lipinski definition) is 0. The van der Waals surface area contributed by atoms with E-state index in [1.165, 1.54) is 13.8 Å². The monoisotopic (exact) mass is 268 g/mol. The Morgan fingerprint density at radius 2 is 1.40 bits per heavy atom. The molecule has 0 aromatic heterocycles. The molecule has 0 unspecified atom stereocenters. The van der Waals surface area contributed by atoms with Crippen molar-refractivity contribution in [1.82, 2.24) is 0 Å². The van der Waals surface area contributed by atoms with Gasteiger partial charge in [-0.2, -0.15) is 0 Å². The van der Waals surface area contributed by atoms with Crippen molar-refractivity contribution in [2.75, 3.05) is 0 Å². The van der Waals surface area contributed by atoms with Crippen LogP contribution in [0, 0.1) is 0 Å². The van der Waals surface area contributed by atoms with Crippen molar-refractivity contribution in [3.05, 3.63) is 59.7 Å². The van der Waals surface area contributed by atoms with E-state index in [1.807, 2.05) is 44.2 Å². The van der Waals surface area contributed by atoms with Gasteiger partial charge in [-0.05, 0) is 31.0 Å². The first-order valence-electron chi connectivity index (χ1n) is 6.81. The van der Waals surface area contributed by atoms with E-state index in [-0.39, 0.29) is 11.6 Å². The topological polar surface area (TPSA) is 34.1 Å². The highest BCUT2D eigenvalue weighted by Crippen LogP contribution is 2.25. The first-order valence-corrected chi connectivity index (χ1v) is 6.81. The molecule has 0 spiro atoms. The zero-order valence-electron chi connectivity index (χ0n) is 12.4. The molecular formula is C18H20O2. The summed E-state index contributed by atoms with van der Waals surface area (Å²) in [5, 5.41) is 0. The van der Waals surface area contributed by atoms with E-state index >= 15 is 0 Å². The Morgan fingerprint density at radius 3 is 1.90 bits per heavy atom. The van der Waals surface area contributed by atoms with Gasteiger partial charge < -0.3 is 0 Å². The van der Waals surface area contributed by atoms with Crippen LogP contribution in [-0.2, 0) is 0 Å². The molecule has 0 amide bonds. The first kappa shape index (κ1) is 15.8. The normalized spacial score (nSPS) is 9.40. The molecule has 20 heavy (non-hydrogen) atoms. The van der Waals surface area contributed by atoms with E-state index in [0.717, 1.165) is 11.1 Å². The zero-order chi connectivity index (χ0) is 15.1. The predicted octanol–water partition coefficient (Wildman–Crippen LogP) is 4.79. The standard InChI is InChI=1S/C16H14O2.C2H6/c1-11(17)14-8-9-15(12(2)18)16(10-14)13-6-4-3-5-7-13;1-2/h3-10H,1-2H3;1-2H3. The van der Waals surface area contributed by atoms with E-state index in [0.29, 0.717) is 11.1 Å². The molecule has 0 saturated heterocycles. The van der Waals surface area contributed by atoms with Crippen LogP contribution >= 0.6 is 0 Å². The molecule has 2 heteroatoms. The molecule has 2 aromatic carbocycles. The SMILES string of the molecule is CC.CC(=O)c1ccc(C(C)=O)c(-c2ccccc2)c1. The Bertz CT molecular complexity index is 598. The van der Waals surface area contributed by atoms with Crippen LogP contribution in [0.2, 0.25) is 0 Å². The summed E-state index contributed by atoms with van der Waals surface area (Å²) in [4.78, 5) is 23.1. The quantitative estimate of drug-likeness (QED) is 0.750. The molecule has 104 valence electrons. The van der Waals surface area contributed by atoms with Gasteiger partial charge in [0.2, 0.25) is 0 Å². The lowest BCUT2D eigenvalue weighted by atomic mass is 9.94. The molecular weight excluding hydrogens is 248 g/mol. The third-order valence-corrected chi connectivity index (χ3v) is 2.89. The van der Waals surface area contributed by atoms with Crippen LogP contribution < -0.4 is 0 Å². The lowest BCUT2D eigenvalue weighted by Crippen LogP contribution is -2.00. The van der Waals surface area contributed by atoms with E-state index in [2.05, 4.69) is 0 Å². The van der Waals surface area contributed by atoms with Crippen LogP contribution in [0.1, 0.15) is 48.4 Å². The Kier molecular flexibility index (Phi) is 5.85. The van der Waals surface area contributed by atoms with Gasteiger partial charge in [-0.15, -0.1) is 0 Å². The summed E-state index contributed by atoms with van der Waals surface area (Å²) in [7, 11) is 0. The Labute approximate surface area is 120 Å². The number of hydrogen-bond acceptors (Lipinski definition) is 2. The summed E-state index contributed by atoms with van der Waals surface area (Å²) in [6.45, 7) is 7.06. The van der Waals surface area contributed by atoms with Gasteiger partial charge in [0.25, 0.3) is 0 Å². The second-order valence-corrected chi connectivity index (χ2v) is 4.24. The number of carbonyl (C=O) groups is 2. The van der Waals surface area contributed by atoms with Gasteiger partial charge in [0.15, 0.2) is 11.6 Å². The van der Waals surface area contributed by atoms with Gasteiger partial charge in [0.1, 0.15) is 0 Å². The third-order valence-electron chi connectivity index (χ3n) is 2.89.